The number of benzene rings is 2. The van der Waals surface area contributed by atoms with Crippen LogP contribution in [-0.4, -0.2) is 34.9 Å². The molecule has 1 fully saturated rings. The average Bonchev–Trinajstić information content (AvgIpc) is 3.44. The summed E-state index contributed by atoms with van der Waals surface area (Å²) >= 11 is 0. The predicted molar refractivity (Wildman–Crippen MR) is 156 cm³/mol. The maximum atomic E-state index is 14.9. The van der Waals surface area contributed by atoms with E-state index in [1.807, 2.05) is 13.0 Å². The Morgan fingerprint density at radius 2 is 1.84 bits per heavy atom. The van der Waals surface area contributed by atoms with Crippen LogP contribution in [0.2, 0.25) is 0 Å². The highest BCUT2D eigenvalue weighted by atomic mass is 19.4. The molecule has 2 aromatic carbocycles. The highest BCUT2D eigenvalue weighted by molar-refractivity contribution is 5.81. The van der Waals surface area contributed by atoms with Crippen LogP contribution in [0.4, 0.5) is 17.6 Å². The van der Waals surface area contributed by atoms with Crippen molar-refractivity contribution in [2.75, 3.05) is 13.2 Å². The van der Waals surface area contributed by atoms with Gasteiger partial charge in [-0.25, -0.2) is 9.37 Å². The van der Waals surface area contributed by atoms with Gasteiger partial charge < -0.3 is 19.3 Å². The topological polar surface area (TPSA) is 77.9 Å². The van der Waals surface area contributed by atoms with Crippen LogP contribution in [-0.2, 0) is 35.2 Å². The molecular weight excluding hydrogens is 578 g/mol. The van der Waals surface area contributed by atoms with Gasteiger partial charge in [0.1, 0.15) is 18.2 Å². The Kier molecular flexibility index (Phi) is 8.44. The van der Waals surface area contributed by atoms with Crippen LogP contribution in [0.3, 0.4) is 0 Å². The van der Waals surface area contributed by atoms with Crippen molar-refractivity contribution in [1.29, 1.82) is 0 Å². The molecule has 44 heavy (non-hydrogen) atoms. The smallest absolute Gasteiger partial charge is 0.417 e. The summed E-state index contributed by atoms with van der Waals surface area (Å²) in [6.07, 6.45) is -2.11. The second kappa shape index (κ2) is 11.7. The Balaban J connectivity index is 1.36. The fourth-order valence-electron chi connectivity index (χ4n) is 6.30. The third-order valence-corrected chi connectivity index (χ3v) is 8.68. The summed E-state index contributed by atoms with van der Waals surface area (Å²) in [6, 6.07) is 8.55. The number of alkyl halides is 3. The van der Waals surface area contributed by atoms with Crippen LogP contribution in [0.5, 0.6) is 11.6 Å². The monoisotopic (exact) mass is 615 g/mol. The lowest BCUT2D eigenvalue weighted by molar-refractivity contribution is -0.145. The molecule has 5 rings (SSSR count). The van der Waals surface area contributed by atoms with Gasteiger partial charge in [0, 0.05) is 35.7 Å². The lowest BCUT2D eigenvalue weighted by Crippen LogP contribution is -2.22. The van der Waals surface area contributed by atoms with Crippen molar-refractivity contribution in [2.45, 2.75) is 78.2 Å². The number of carbonyl (C=O) groups is 1. The summed E-state index contributed by atoms with van der Waals surface area (Å²) < 4.78 is 73.9. The number of carbonyl (C=O) groups excluding carboxylic acids is 1. The molecule has 10 heteroatoms. The van der Waals surface area contributed by atoms with Gasteiger partial charge in [-0.3, -0.25) is 4.79 Å². The van der Waals surface area contributed by atoms with Crippen LogP contribution in [0, 0.1) is 17.2 Å². The molecule has 236 valence electrons. The van der Waals surface area contributed by atoms with Crippen LogP contribution in [0.1, 0.15) is 74.8 Å². The van der Waals surface area contributed by atoms with Crippen molar-refractivity contribution in [2.24, 2.45) is 11.3 Å². The second-order valence-electron chi connectivity index (χ2n) is 12.5. The third-order valence-electron chi connectivity index (χ3n) is 8.68. The minimum atomic E-state index is -4.72. The molecule has 0 saturated heterocycles. The van der Waals surface area contributed by atoms with Gasteiger partial charge in [-0.2, -0.15) is 13.2 Å². The molecule has 1 heterocycles. The Bertz CT molecular complexity index is 1560. The number of aryl methyl sites for hydroxylation is 1. The molecule has 0 spiro atoms. The number of aliphatic hydroxyl groups is 1. The SMILES string of the molecule is CCOC(=O)C1C2c3cc(CC)c(OCc4cc(-c5cnc(OCCC(C)(C)O)cc5C(F)(F)F)ccc4F)cc3CC12C. The Hall–Kier alpha value is -3.66. The van der Waals surface area contributed by atoms with Crippen LogP contribution in [0.15, 0.2) is 42.6 Å². The van der Waals surface area contributed by atoms with E-state index in [0.717, 1.165) is 35.0 Å². The Morgan fingerprint density at radius 3 is 2.50 bits per heavy atom. The van der Waals surface area contributed by atoms with Crippen LogP contribution >= 0.6 is 0 Å². The summed E-state index contributed by atoms with van der Waals surface area (Å²) in [7, 11) is 0. The predicted octanol–water partition coefficient (Wildman–Crippen LogP) is 7.43. The molecule has 3 unspecified atom stereocenters. The van der Waals surface area contributed by atoms with Crippen LogP contribution < -0.4 is 9.47 Å². The van der Waals surface area contributed by atoms with E-state index in [1.165, 1.54) is 12.1 Å². The number of hydrogen-bond donors (Lipinski definition) is 1. The van der Waals surface area contributed by atoms with Crippen LogP contribution in [0.25, 0.3) is 11.1 Å². The number of nitrogens with zero attached hydrogens (tertiary/aromatic N) is 1. The normalized spacial score (nSPS) is 20.6. The summed E-state index contributed by atoms with van der Waals surface area (Å²) in [5.41, 5.74) is 0.905. The van der Waals surface area contributed by atoms with E-state index >= 15 is 0 Å². The zero-order valence-electron chi connectivity index (χ0n) is 25.5. The van der Waals surface area contributed by atoms with Gasteiger partial charge >= 0.3 is 12.1 Å². The fraction of sp³-hybridized carbons (Fsp3) is 0.471. The number of esters is 1. The van der Waals surface area contributed by atoms with Crippen molar-refractivity contribution in [3.8, 4) is 22.8 Å². The minimum absolute atomic E-state index is 0.0144. The van der Waals surface area contributed by atoms with Gasteiger partial charge in [-0.05, 0) is 79.5 Å². The molecule has 3 aromatic rings. The number of fused-ring (bicyclic) bond motifs is 3. The quantitative estimate of drug-likeness (QED) is 0.179. The molecule has 0 bridgehead atoms. The number of pyridine rings is 1. The van der Waals surface area contributed by atoms with E-state index in [9.17, 15) is 27.5 Å². The first-order valence-corrected chi connectivity index (χ1v) is 14.8. The molecular formula is C34H37F4NO5. The summed E-state index contributed by atoms with van der Waals surface area (Å²) in [6.45, 7) is 9.14. The molecule has 6 nitrogen and oxygen atoms in total. The second-order valence-corrected chi connectivity index (χ2v) is 12.5. The third kappa shape index (κ3) is 6.27. The van der Waals surface area contributed by atoms with Gasteiger partial charge in [0.25, 0.3) is 0 Å². The lowest BCUT2D eigenvalue weighted by atomic mass is 9.95. The van der Waals surface area contributed by atoms with E-state index in [4.69, 9.17) is 14.2 Å². The van der Waals surface area contributed by atoms with E-state index in [2.05, 4.69) is 18.0 Å². The van der Waals surface area contributed by atoms with E-state index in [1.54, 1.807) is 20.8 Å². The number of hydrogen-bond acceptors (Lipinski definition) is 6. The summed E-state index contributed by atoms with van der Waals surface area (Å²) in [4.78, 5) is 16.5. The average molecular weight is 616 g/mol. The maximum absolute atomic E-state index is 14.9. The zero-order chi connectivity index (χ0) is 32.0. The maximum Gasteiger partial charge on any atom is 0.417 e. The van der Waals surface area contributed by atoms with Crippen molar-refractivity contribution < 1.29 is 41.7 Å². The Labute approximate surface area is 254 Å². The Morgan fingerprint density at radius 1 is 1.09 bits per heavy atom. The largest absolute Gasteiger partial charge is 0.489 e. The molecule has 0 aliphatic heterocycles. The van der Waals surface area contributed by atoms with Gasteiger partial charge in [-0.1, -0.05) is 26.0 Å². The first-order valence-electron chi connectivity index (χ1n) is 14.8. The molecule has 3 atom stereocenters. The highest BCUT2D eigenvalue weighted by Gasteiger charge is 2.69. The van der Waals surface area contributed by atoms with E-state index < -0.39 is 23.2 Å². The summed E-state index contributed by atoms with van der Waals surface area (Å²) in [5, 5.41) is 9.84. The molecule has 2 aliphatic rings. The van der Waals surface area contributed by atoms with E-state index in [-0.39, 0.29) is 65.4 Å². The number of halogens is 4. The lowest BCUT2D eigenvalue weighted by Gasteiger charge is -2.18. The zero-order valence-corrected chi connectivity index (χ0v) is 25.5. The molecule has 0 amide bonds. The first kappa shape index (κ1) is 31.8. The van der Waals surface area contributed by atoms with Gasteiger partial charge in [0.05, 0.1) is 30.3 Å². The summed E-state index contributed by atoms with van der Waals surface area (Å²) in [5.74, 6) is -0.478. The van der Waals surface area contributed by atoms with Crippen molar-refractivity contribution in [3.63, 3.8) is 0 Å². The van der Waals surface area contributed by atoms with Crippen molar-refractivity contribution in [1.82, 2.24) is 4.98 Å². The number of aromatic nitrogens is 1. The van der Waals surface area contributed by atoms with Gasteiger partial charge in [0.2, 0.25) is 5.88 Å². The van der Waals surface area contributed by atoms with E-state index in [0.29, 0.717) is 25.2 Å². The standard InChI is InChI=1S/C34H37F4NO5/c1-6-19-13-23-21(16-33(5)29(23)30(33)31(40)42-7-2)14-27(19)44-18-22-12-20(8-9-26(22)35)24-17-39-28(15-25(24)34(36,37)38)43-11-10-32(3,4)41/h8-9,12-15,17,29-30,41H,6-7,10-11,16,18H2,1-5H3. The first-order chi connectivity index (χ1) is 20.7. The molecule has 2 aliphatic carbocycles. The van der Waals surface area contributed by atoms with Crippen molar-refractivity contribution in [3.05, 3.63) is 76.2 Å². The van der Waals surface area contributed by atoms with Gasteiger partial charge in [-0.15, -0.1) is 0 Å². The molecule has 1 N–H and O–H groups in total. The van der Waals surface area contributed by atoms with Gasteiger partial charge in [0.15, 0.2) is 0 Å². The highest BCUT2D eigenvalue weighted by Crippen LogP contribution is 2.71. The number of ether oxygens (including phenoxy) is 3. The molecule has 0 radical (unpaired) electrons. The molecule has 1 aromatic heterocycles. The van der Waals surface area contributed by atoms with Crippen molar-refractivity contribution >= 4 is 5.97 Å². The molecule has 1 saturated carbocycles. The number of rotatable bonds is 11. The minimum Gasteiger partial charge on any atom is -0.489 e. The fourth-order valence-corrected chi connectivity index (χ4v) is 6.30.